The molecular formula is C22H23N3O4. The van der Waals surface area contributed by atoms with Crippen molar-refractivity contribution < 1.29 is 14.3 Å². The number of aryl methyl sites for hydroxylation is 2. The first-order valence-corrected chi connectivity index (χ1v) is 9.35. The molecule has 1 atom stereocenters. The summed E-state index contributed by atoms with van der Waals surface area (Å²) in [4.78, 5) is 36.3. The third-order valence-corrected chi connectivity index (χ3v) is 4.73. The summed E-state index contributed by atoms with van der Waals surface area (Å²) in [6.07, 6.45) is 1.46. The van der Waals surface area contributed by atoms with Gasteiger partial charge in [0.15, 0.2) is 0 Å². The summed E-state index contributed by atoms with van der Waals surface area (Å²) in [5.74, 6) is -0.618. The summed E-state index contributed by atoms with van der Waals surface area (Å²) >= 11 is 0. The van der Waals surface area contributed by atoms with Crippen molar-refractivity contribution >= 4 is 22.8 Å². The van der Waals surface area contributed by atoms with Gasteiger partial charge in [-0.3, -0.25) is 19.1 Å². The summed E-state index contributed by atoms with van der Waals surface area (Å²) in [7, 11) is 1.32. The second kappa shape index (κ2) is 9.14. The van der Waals surface area contributed by atoms with Crippen LogP contribution in [0.5, 0.6) is 0 Å². The van der Waals surface area contributed by atoms with Gasteiger partial charge >= 0.3 is 5.97 Å². The van der Waals surface area contributed by atoms with Gasteiger partial charge in [-0.15, -0.1) is 0 Å². The first-order chi connectivity index (χ1) is 14.0. The van der Waals surface area contributed by atoms with Gasteiger partial charge < -0.3 is 10.1 Å². The van der Waals surface area contributed by atoms with E-state index in [1.807, 2.05) is 37.3 Å². The zero-order valence-corrected chi connectivity index (χ0v) is 16.4. The number of carbonyl (C=O) groups is 2. The molecular weight excluding hydrogens is 370 g/mol. The van der Waals surface area contributed by atoms with E-state index in [9.17, 15) is 14.4 Å². The standard InChI is InChI=1S/C22H23N3O4/c1-15-7-9-16(10-8-15)18(13-22(28)29-2)24-21(27)11-12-25-19-6-4-3-5-17(19)20(26)14-23-25/h3-10,14,18H,11-13H2,1-2H3,(H,24,27). The third-order valence-electron chi connectivity index (χ3n) is 4.73. The molecule has 0 aliphatic heterocycles. The lowest BCUT2D eigenvalue weighted by Crippen LogP contribution is -2.31. The number of benzene rings is 2. The van der Waals surface area contributed by atoms with E-state index in [4.69, 9.17) is 4.74 Å². The molecule has 2 aromatic carbocycles. The van der Waals surface area contributed by atoms with Crippen LogP contribution in [0.2, 0.25) is 0 Å². The molecule has 150 valence electrons. The fourth-order valence-corrected chi connectivity index (χ4v) is 3.11. The minimum Gasteiger partial charge on any atom is -0.469 e. The Hall–Kier alpha value is -3.48. The highest BCUT2D eigenvalue weighted by atomic mass is 16.5. The molecule has 0 aliphatic carbocycles. The van der Waals surface area contributed by atoms with Crippen molar-refractivity contribution in [2.75, 3.05) is 7.11 Å². The molecule has 0 saturated heterocycles. The van der Waals surface area contributed by atoms with Gasteiger partial charge in [-0.1, -0.05) is 42.0 Å². The van der Waals surface area contributed by atoms with Crippen molar-refractivity contribution in [2.45, 2.75) is 32.4 Å². The first-order valence-electron chi connectivity index (χ1n) is 9.35. The maximum absolute atomic E-state index is 12.6. The average Bonchev–Trinajstić information content (AvgIpc) is 2.73. The van der Waals surface area contributed by atoms with Crippen molar-refractivity contribution in [3.63, 3.8) is 0 Å². The highest BCUT2D eigenvalue weighted by Crippen LogP contribution is 2.18. The van der Waals surface area contributed by atoms with E-state index >= 15 is 0 Å². The van der Waals surface area contributed by atoms with E-state index in [0.717, 1.165) is 11.1 Å². The second-order valence-electron chi connectivity index (χ2n) is 6.81. The Balaban J connectivity index is 1.72. The molecule has 1 heterocycles. The molecule has 1 aromatic heterocycles. The topological polar surface area (TPSA) is 90.3 Å². The van der Waals surface area contributed by atoms with Crippen LogP contribution in [0.15, 0.2) is 59.5 Å². The number of esters is 1. The van der Waals surface area contributed by atoms with E-state index in [2.05, 4.69) is 10.4 Å². The van der Waals surface area contributed by atoms with Gasteiger partial charge in [-0.25, -0.2) is 0 Å². The van der Waals surface area contributed by atoms with Crippen LogP contribution in [-0.2, 0) is 20.9 Å². The van der Waals surface area contributed by atoms with E-state index < -0.39 is 12.0 Å². The number of nitrogens with zero attached hydrogens (tertiary/aromatic N) is 2. The number of rotatable bonds is 7. The average molecular weight is 393 g/mol. The minimum absolute atomic E-state index is 0.0461. The predicted octanol–water partition coefficient (Wildman–Crippen LogP) is 2.52. The Labute approximate surface area is 168 Å². The Morgan fingerprint density at radius 2 is 1.86 bits per heavy atom. The van der Waals surface area contributed by atoms with Gasteiger partial charge in [-0.05, 0) is 24.6 Å². The van der Waals surface area contributed by atoms with Gasteiger partial charge in [-0.2, -0.15) is 5.10 Å². The summed E-state index contributed by atoms with van der Waals surface area (Å²) in [6.45, 7) is 2.28. The molecule has 0 saturated carbocycles. The van der Waals surface area contributed by atoms with Gasteiger partial charge in [0.1, 0.15) is 0 Å². The number of para-hydroxylation sites is 1. The van der Waals surface area contributed by atoms with Crippen LogP contribution in [0.25, 0.3) is 10.9 Å². The Morgan fingerprint density at radius 1 is 1.14 bits per heavy atom. The number of carbonyl (C=O) groups excluding carboxylic acids is 2. The number of hydrogen-bond acceptors (Lipinski definition) is 5. The molecule has 0 aliphatic rings. The van der Waals surface area contributed by atoms with E-state index in [1.54, 1.807) is 22.9 Å². The molecule has 3 aromatic rings. The van der Waals surface area contributed by atoms with Crippen molar-refractivity contribution in [1.82, 2.24) is 15.1 Å². The number of ether oxygens (including phenoxy) is 1. The molecule has 0 bridgehead atoms. The van der Waals surface area contributed by atoms with Crippen molar-refractivity contribution in [3.05, 3.63) is 76.1 Å². The van der Waals surface area contributed by atoms with Gasteiger partial charge in [0, 0.05) is 11.8 Å². The summed E-state index contributed by atoms with van der Waals surface area (Å²) in [5, 5.41) is 7.60. The van der Waals surface area contributed by atoms with Crippen LogP contribution < -0.4 is 10.7 Å². The Morgan fingerprint density at radius 3 is 2.59 bits per heavy atom. The largest absolute Gasteiger partial charge is 0.469 e. The molecule has 3 rings (SSSR count). The quantitative estimate of drug-likeness (QED) is 0.623. The van der Waals surface area contributed by atoms with Crippen LogP contribution in [0, 0.1) is 6.92 Å². The van der Waals surface area contributed by atoms with E-state index in [0.29, 0.717) is 17.4 Å². The second-order valence-corrected chi connectivity index (χ2v) is 6.81. The van der Waals surface area contributed by atoms with Crippen molar-refractivity contribution in [3.8, 4) is 0 Å². The fourth-order valence-electron chi connectivity index (χ4n) is 3.11. The molecule has 0 radical (unpaired) electrons. The Bertz CT molecular complexity index is 1070. The maximum Gasteiger partial charge on any atom is 0.307 e. The van der Waals surface area contributed by atoms with Crippen LogP contribution in [0.3, 0.4) is 0 Å². The zero-order valence-electron chi connectivity index (χ0n) is 16.4. The van der Waals surface area contributed by atoms with E-state index in [1.165, 1.54) is 13.3 Å². The third kappa shape index (κ3) is 5.07. The number of hydrogen-bond donors (Lipinski definition) is 1. The molecule has 1 amide bonds. The summed E-state index contributed by atoms with van der Waals surface area (Å²) in [6, 6.07) is 14.3. The van der Waals surface area contributed by atoms with Crippen LogP contribution in [-0.4, -0.2) is 28.8 Å². The number of nitrogens with one attached hydrogen (secondary N) is 1. The molecule has 7 nitrogen and oxygen atoms in total. The molecule has 0 fully saturated rings. The normalized spacial score (nSPS) is 11.8. The van der Waals surface area contributed by atoms with Crippen LogP contribution in [0.4, 0.5) is 0 Å². The van der Waals surface area contributed by atoms with Crippen molar-refractivity contribution in [2.24, 2.45) is 0 Å². The molecule has 1 N–H and O–H groups in total. The molecule has 29 heavy (non-hydrogen) atoms. The SMILES string of the molecule is COC(=O)CC(NC(=O)CCn1ncc(=O)c2ccccc21)c1ccc(C)cc1. The number of amides is 1. The molecule has 0 spiro atoms. The Kier molecular flexibility index (Phi) is 6.39. The number of aromatic nitrogens is 2. The zero-order chi connectivity index (χ0) is 20.8. The predicted molar refractivity (Wildman–Crippen MR) is 109 cm³/mol. The maximum atomic E-state index is 12.6. The molecule has 7 heteroatoms. The van der Waals surface area contributed by atoms with Gasteiger partial charge in [0.05, 0.1) is 37.8 Å². The fraction of sp³-hybridized carbons (Fsp3) is 0.273. The smallest absolute Gasteiger partial charge is 0.307 e. The highest BCUT2D eigenvalue weighted by Gasteiger charge is 2.19. The number of fused-ring (bicyclic) bond motifs is 1. The summed E-state index contributed by atoms with van der Waals surface area (Å²) < 4.78 is 6.40. The van der Waals surface area contributed by atoms with Crippen molar-refractivity contribution in [1.29, 1.82) is 0 Å². The van der Waals surface area contributed by atoms with Gasteiger partial charge in [0.25, 0.3) is 0 Å². The van der Waals surface area contributed by atoms with Crippen LogP contribution >= 0.6 is 0 Å². The highest BCUT2D eigenvalue weighted by molar-refractivity contribution is 5.79. The lowest BCUT2D eigenvalue weighted by atomic mass is 10.0. The number of methoxy groups -OCH3 is 1. The lowest BCUT2D eigenvalue weighted by molar-refractivity contribution is -0.141. The molecule has 1 unspecified atom stereocenters. The monoisotopic (exact) mass is 393 g/mol. The lowest BCUT2D eigenvalue weighted by Gasteiger charge is -2.19. The minimum atomic E-state index is -0.478. The van der Waals surface area contributed by atoms with Crippen LogP contribution in [0.1, 0.15) is 30.0 Å². The summed E-state index contributed by atoms with van der Waals surface area (Å²) in [5.41, 5.74) is 2.45. The van der Waals surface area contributed by atoms with Gasteiger partial charge in [0.2, 0.25) is 11.3 Å². The first kappa shape index (κ1) is 20.3. The van der Waals surface area contributed by atoms with E-state index in [-0.39, 0.29) is 24.2 Å².